The van der Waals surface area contributed by atoms with Crippen LogP contribution in [0, 0.1) is 0 Å². The fraction of sp³-hybridized carbons (Fsp3) is 0.176. The molecule has 0 amide bonds. The zero-order valence-electron chi connectivity index (χ0n) is 15.1. The lowest BCUT2D eigenvalue weighted by Gasteiger charge is -2.04. The van der Waals surface area contributed by atoms with Crippen molar-refractivity contribution in [1.82, 2.24) is 20.0 Å². The average Bonchev–Trinajstić information content (AvgIpc) is 3.29. The number of nitrogens with one attached hydrogen (secondary N) is 1. The molecule has 0 unspecified atom stereocenters. The minimum atomic E-state index is -3.92. The maximum Gasteiger partial charge on any atom is 0.330 e. The van der Waals surface area contributed by atoms with E-state index >= 15 is 0 Å². The van der Waals surface area contributed by atoms with Crippen LogP contribution in [-0.4, -0.2) is 41.0 Å². The van der Waals surface area contributed by atoms with Crippen molar-refractivity contribution in [2.24, 2.45) is 7.05 Å². The number of esters is 1. The van der Waals surface area contributed by atoms with Crippen molar-refractivity contribution in [1.29, 1.82) is 0 Å². The van der Waals surface area contributed by atoms with Crippen LogP contribution < -0.4 is 4.72 Å². The van der Waals surface area contributed by atoms with Crippen molar-refractivity contribution >= 4 is 28.1 Å². The number of rotatable bonds is 7. The average molecular weight is 403 g/mol. The molecule has 1 aromatic carbocycles. The third-order valence-corrected chi connectivity index (χ3v) is 4.82. The van der Waals surface area contributed by atoms with Gasteiger partial charge in [-0.3, -0.25) is 4.68 Å². The second-order valence-corrected chi connectivity index (χ2v) is 7.26. The minimum Gasteiger partial charge on any atom is -0.463 e. The zero-order chi connectivity index (χ0) is 20.1. The molecule has 0 aliphatic rings. The van der Waals surface area contributed by atoms with Crippen LogP contribution in [-0.2, 0) is 26.6 Å². The molecule has 0 bridgehead atoms. The van der Waals surface area contributed by atoms with E-state index in [4.69, 9.17) is 9.15 Å². The van der Waals surface area contributed by atoms with Gasteiger partial charge in [0.25, 0.3) is 15.9 Å². The highest BCUT2D eigenvalue weighted by molar-refractivity contribution is 7.92. The summed E-state index contributed by atoms with van der Waals surface area (Å²) in [6.45, 7) is 1.99. The molecular weight excluding hydrogens is 386 g/mol. The molecule has 0 atom stereocenters. The lowest BCUT2D eigenvalue weighted by atomic mass is 10.2. The monoisotopic (exact) mass is 403 g/mol. The van der Waals surface area contributed by atoms with Crippen molar-refractivity contribution in [2.45, 2.75) is 11.8 Å². The van der Waals surface area contributed by atoms with Gasteiger partial charge in [-0.1, -0.05) is 17.2 Å². The van der Waals surface area contributed by atoms with Gasteiger partial charge in [-0.15, -0.1) is 5.10 Å². The Morgan fingerprint density at radius 2 is 2.04 bits per heavy atom. The summed E-state index contributed by atoms with van der Waals surface area (Å²) in [7, 11) is -2.19. The molecule has 3 rings (SSSR count). The molecule has 11 heteroatoms. The Morgan fingerprint density at radius 1 is 1.29 bits per heavy atom. The highest BCUT2D eigenvalue weighted by Gasteiger charge is 2.18. The van der Waals surface area contributed by atoms with E-state index in [0.717, 1.165) is 0 Å². The van der Waals surface area contributed by atoms with Gasteiger partial charge in [0.15, 0.2) is 0 Å². The second kappa shape index (κ2) is 8.05. The third-order valence-electron chi connectivity index (χ3n) is 3.49. The first kappa shape index (κ1) is 19.3. The summed E-state index contributed by atoms with van der Waals surface area (Å²) in [4.78, 5) is 11.3. The van der Waals surface area contributed by atoms with Crippen molar-refractivity contribution in [3.8, 4) is 11.5 Å². The van der Waals surface area contributed by atoms with Crippen LogP contribution >= 0.6 is 0 Å². The normalized spacial score (nSPS) is 11.6. The van der Waals surface area contributed by atoms with Gasteiger partial charge in [-0.05, 0) is 30.7 Å². The first-order valence-corrected chi connectivity index (χ1v) is 9.66. The smallest absolute Gasteiger partial charge is 0.330 e. The Hall–Kier alpha value is -3.47. The summed E-state index contributed by atoms with van der Waals surface area (Å²) < 4.78 is 38.8. The maximum atomic E-state index is 12.5. The molecule has 28 heavy (non-hydrogen) atoms. The van der Waals surface area contributed by atoms with Crippen molar-refractivity contribution in [2.75, 3.05) is 11.3 Å². The molecule has 0 fully saturated rings. The first-order chi connectivity index (χ1) is 13.4. The summed E-state index contributed by atoms with van der Waals surface area (Å²) in [6, 6.07) is 5.64. The quantitative estimate of drug-likeness (QED) is 0.467. The lowest BCUT2D eigenvalue weighted by molar-refractivity contribution is -0.137. The van der Waals surface area contributed by atoms with Crippen LogP contribution in [0.15, 0.2) is 52.0 Å². The number of nitrogens with zero attached hydrogens (tertiary/aromatic N) is 4. The molecule has 2 aromatic heterocycles. The molecule has 0 radical (unpaired) electrons. The van der Waals surface area contributed by atoms with Gasteiger partial charge in [0.2, 0.25) is 0 Å². The van der Waals surface area contributed by atoms with E-state index in [-0.39, 0.29) is 23.4 Å². The largest absolute Gasteiger partial charge is 0.463 e. The molecule has 0 aliphatic heterocycles. The highest BCUT2D eigenvalue weighted by atomic mass is 32.2. The lowest BCUT2D eigenvalue weighted by Crippen LogP contribution is -2.13. The Balaban J connectivity index is 1.71. The maximum absolute atomic E-state index is 12.5. The van der Waals surface area contributed by atoms with Crippen LogP contribution in [0.3, 0.4) is 0 Å². The summed E-state index contributed by atoms with van der Waals surface area (Å²) in [5.41, 5.74) is 1.21. The summed E-state index contributed by atoms with van der Waals surface area (Å²) >= 11 is 0. The van der Waals surface area contributed by atoms with Gasteiger partial charge in [0, 0.05) is 19.3 Å². The predicted molar refractivity (Wildman–Crippen MR) is 99.4 cm³/mol. The number of ether oxygens (including phenoxy) is 1. The number of hydrogen-bond donors (Lipinski definition) is 1. The number of sulfonamides is 1. The van der Waals surface area contributed by atoms with Crippen LogP contribution in [0.5, 0.6) is 0 Å². The fourth-order valence-corrected chi connectivity index (χ4v) is 3.12. The van der Waals surface area contributed by atoms with Gasteiger partial charge >= 0.3 is 12.0 Å². The molecule has 0 saturated heterocycles. The van der Waals surface area contributed by atoms with E-state index in [1.165, 1.54) is 30.5 Å². The molecule has 0 spiro atoms. The molecule has 146 valence electrons. The van der Waals surface area contributed by atoms with Gasteiger partial charge in [-0.25, -0.2) is 17.9 Å². The Kier molecular flexibility index (Phi) is 5.54. The number of hydrogen-bond acceptors (Lipinski definition) is 8. The van der Waals surface area contributed by atoms with Crippen LogP contribution in [0.2, 0.25) is 0 Å². The molecule has 3 aromatic rings. The molecular formula is C17H17N5O5S. The van der Waals surface area contributed by atoms with Gasteiger partial charge in [-0.2, -0.15) is 5.10 Å². The number of carbonyl (C=O) groups excluding carboxylic acids is 1. The fourth-order valence-electron chi connectivity index (χ4n) is 2.20. The van der Waals surface area contributed by atoms with E-state index in [9.17, 15) is 13.2 Å². The highest BCUT2D eigenvalue weighted by Crippen LogP contribution is 2.21. The van der Waals surface area contributed by atoms with Crippen molar-refractivity contribution in [3.05, 3.63) is 48.3 Å². The van der Waals surface area contributed by atoms with Crippen LogP contribution in [0.4, 0.5) is 6.01 Å². The van der Waals surface area contributed by atoms with Gasteiger partial charge < -0.3 is 9.15 Å². The Labute approximate surface area is 160 Å². The number of aromatic nitrogens is 4. The summed E-state index contributed by atoms with van der Waals surface area (Å²) in [6.07, 6.45) is 5.98. The van der Waals surface area contributed by atoms with E-state index in [0.29, 0.717) is 11.1 Å². The SMILES string of the molecule is CCOC(=O)C=Cc1ccc(S(=O)(=O)Nc2nnc(-c3cnn(C)c3)o2)cc1. The van der Waals surface area contributed by atoms with Crippen LogP contribution in [0.1, 0.15) is 12.5 Å². The molecule has 0 aliphatic carbocycles. The minimum absolute atomic E-state index is 0.00177. The molecule has 10 nitrogen and oxygen atoms in total. The molecule has 1 N–H and O–H groups in total. The second-order valence-electron chi connectivity index (χ2n) is 5.57. The standard InChI is InChI=1S/C17H17N5O5S/c1-3-26-15(23)9-6-12-4-7-14(8-5-12)28(24,25)21-17-20-19-16(27-17)13-10-18-22(2)11-13/h4-11H,3H2,1-2H3,(H,20,21). The van der Waals surface area contributed by atoms with E-state index < -0.39 is 16.0 Å². The molecule has 2 heterocycles. The van der Waals surface area contributed by atoms with Gasteiger partial charge in [0.05, 0.1) is 23.3 Å². The predicted octanol–water partition coefficient (Wildman–Crippen LogP) is 1.85. The van der Waals surface area contributed by atoms with Crippen molar-refractivity contribution in [3.63, 3.8) is 0 Å². The Bertz CT molecular complexity index is 1100. The van der Waals surface area contributed by atoms with Crippen molar-refractivity contribution < 1.29 is 22.4 Å². The number of aryl methyl sites for hydroxylation is 1. The van der Waals surface area contributed by atoms with E-state index in [2.05, 4.69) is 20.0 Å². The number of benzene rings is 1. The number of anilines is 1. The summed E-state index contributed by atoms with van der Waals surface area (Å²) in [5, 5.41) is 11.5. The topological polar surface area (TPSA) is 129 Å². The first-order valence-electron chi connectivity index (χ1n) is 8.17. The number of carbonyl (C=O) groups is 1. The third kappa shape index (κ3) is 4.62. The Morgan fingerprint density at radius 3 is 2.68 bits per heavy atom. The van der Waals surface area contributed by atoms with E-state index in [1.807, 2.05) is 0 Å². The molecule has 0 saturated carbocycles. The van der Waals surface area contributed by atoms with Gasteiger partial charge in [0.1, 0.15) is 0 Å². The van der Waals surface area contributed by atoms with E-state index in [1.54, 1.807) is 37.0 Å². The zero-order valence-corrected chi connectivity index (χ0v) is 15.9. The van der Waals surface area contributed by atoms with Crippen LogP contribution in [0.25, 0.3) is 17.5 Å². The summed E-state index contributed by atoms with van der Waals surface area (Å²) in [5.74, 6) is -0.327.